The number of aromatic nitrogens is 3. The van der Waals surface area contributed by atoms with Crippen LogP contribution in [0.4, 0.5) is 0 Å². The van der Waals surface area contributed by atoms with Crippen molar-refractivity contribution in [3.05, 3.63) is 16.3 Å². The van der Waals surface area contributed by atoms with Crippen LogP contribution in [0.15, 0.2) is 4.79 Å². The normalized spacial score (nSPS) is 9.80. The van der Waals surface area contributed by atoms with Gasteiger partial charge in [-0.15, -0.1) is 0 Å². The molecule has 1 aromatic rings. The molecule has 0 radical (unpaired) electrons. The van der Waals surface area contributed by atoms with Crippen molar-refractivity contribution in [2.75, 3.05) is 12.0 Å². The average Bonchev–Trinajstić information content (AvgIpc) is 2.20. The minimum Gasteiger partial charge on any atom is -0.321 e. The summed E-state index contributed by atoms with van der Waals surface area (Å²) in [6.07, 6.45) is 0. The summed E-state index contributed by atoms with van der Waals surface area (Å²) in [6.45, 7) is 4.37. The van der Waals surface area contributed by atoms with Gasteiger partial charge in [0.2, 0.25) is 0 Å². The maximum absolute atomic E-state index is 10.8. The fourth-order valence-corrected chi connectivity index (χ4v) is 0.720. The minimum absolute atomic E-state index is 0.223. The Morgan fingerprint density at radius 1 is 1.80 bits per heavy atom. The fraction of sp³-hybridized carbons (Fsp3) is 0.600. The molecule has 0 amide bonds. The minimum atomic E-state index is -0.223. The number of rotatable bonds is 2. The second-order valence-corrected chi connectivity index (χ2v) is 1.92. The summed E-state index contributed by atoms with van der Waals surface area (Å²) >= 11 is 0. The first kappa shape index (κ1) is 6.85. The van der Waals surface area contributed by atoms with Crippen molar-refractivity contribution in [2.24, 2.45) is 0 Å². The first-order valence-electron chi connectivity index (χ1n) is 3.13. The Labute approximate surface area is 58.0 Å². The van der Waals surface area contributed by atoms with E-state index in [1.54, 1.807) is 6.92 Å². The summed E-state index contributed by atoms with van der Waals surface area (Å²) in [5.41, 5.74) is 2.61. The topological polar surface area (TPSA) is 62.7 Å². The zero-order valence-electron chi connectivity index (χ0n) is 6.01. The molecule has 0 aliphatic carbocycles. The highest BCUT2D eigenvalue weighted by molar-refractivity contribution is 4.84. The smallest absolute Gasteiger partial charge is 0.321 e. The van der Waals surface area contributed by atoms with Crippen molar-refractivity contribution >= 4 is 0 Å². The van der Waals surface area contributed by atoms with Crippen molar-refractivity contribution < 1.29 is 0 Å². The number of aromatic amines is 1. The summed E-state index contributed by atoms with van der Waals surface area (Å²) in [4.78, 5) is 10.8. The van der Waals surface area contributed by atoms with Crippen LogP contribution in [0.2, 0.25) is 0 Å². The lowest BCUT2D eigenvalue weighted by molar-refractivity contribution is 0.795. The lowest BCUT2D eigenvalue weighted by atomic mass is 10.7. The van der Waals surface area contributed by atoms with Crippen LogP contribution in [0.5, 0.6) is 0 Å². The Kier molecular flexibility index (Phi) is 1.75. The fourth-order valence-electron chi connectivity index (χ4n) is 0.720. The number of H-pyrrole nitrogens is 1. The van der Waals surface area contributed by atoms with E-state index in [1.165, 1.54) is 4.68 Å². The molecular weight excluding hydrogens is 132 g/mol. The largest absolute Gasteiger partial charge is 0.362 e. The molecule has 2 N–H and O–H groups in total. The predicted molar refractivity (Wildman–Crippen MR) is 37.5 cm³/mol. The molecular formula is C5H10N4O. The number of nitrogens with zero attached hydrogens (tertiary/aromatic N) is 2. The quantitative estimate of drug-likeness (QED) is 0.582. The Morgan fingerprint density at radius 2 is 2.50 bits per heavy atom. The first-order valence-corrected chi connectivity index (χ1v) is 3.13. The van der Waals surface area contributed by atoms with Gasteiger partial charge in [0.15, 0.2) is 0 Å². The molecule has 56 valence electrons. The predicted octanol–water partition coefficient (Wildman–Crippen LogP) is -0.557. The molecule has 1 heterocycles. The maximum Gasteiger partial charge on any atom is 0.362 e. The molecule has 1 aromatic heterocycles. The monoisotopic (exact) mass is 142 g/mol. The van der Waals surface area contributed by atoms with E-state index in [2.05, 4.69) is 15.6 Å². The van der Waals surface area contributed by atoms with E-state index in [1.807, 2.05) is 6.92 Å². The van der Waals surface area contributed by atoms with Gasteiger partial charge in [-0.25, -0.2) is 9.89 Å². The Balaban J connectivity index is 2.99. The van der Waals surface area contributed by atoms with Gasteiger partial charge < -0.3 is 5.43 Å². The molecule has 0 aromatic carbocycles. The molecule has 1 rings (SSSR count). The molecule has 0 unspecified atom stereocenters. The van der Waals surface area contributed by atoms with E-state index in [0.717, 1.165) is 0 Å². The lowest BCUT2D eigenvalue weighted by Crippen LogP contribution is -2.27. The first-order chi connectivity index (χ1) is 4.75. The second-order valence-electron chi connectivity index (χ2n) is 1.92. The van der Waals surface area contributed by atoms with E-state index in [0.29, 0.717) is 12.4 Å². The number of hydrogen-bond donors (Lipinski definition) is 2. The summed E-state index contributed by atoms with van der Waals surface area (Å²) in [5, 5.41) is 6.01. The Hall–Kier alpha value is -1.26. The molecule has 5 heteroatoms. The van der Waals surface area contributed by atoms with Gasteiger partial charge in [-0.1, -0.05) is 0 Å². The Morgan fingerprint density at radius 3 is 2.90 bits per heavy atom. The van der Waals surface area contributed by atoms with Crippen molar-refractivity contribution in [2.45, 2.75) is 13.8 Å². The third kappa shape index (κ3) is 1.02. The third-order valence-corrected chi connectivity index (χ3v) is 1.16. The highest BCUT2D eigenvalue weighted by Crippen LogP contribution is 1.79. The number of nitrogens with one attached hydrogen (secondary N) is 2. The van der Waals surface area contributed by atoms with Crippen LogP contribution in [0.3, 0.4) is 0 Å². The molecule has 0 saturated heterocycles. The van der Waals surface area contributed by atoms with Crippen LogP contribution in [0.1, 0.15) is 12.7 Å². The van der Waals surface area contributed by atoms with E-state index >= 15 is 0 Å². The summed E-state index contributed by atoms with van der Waals surface area (Å²) < 4.78 is 1.38. The van der Waals surface area contributed by atoms with Crippen LogP contribution in [-0.4, -0.2) is 21.4 Å². The standard InChI is InChI=1S/C5H10N4O/c1-3-6-9-4(2)7-8-5(9)10/h6H,3H2,1-2H3,(H,8,10). The van der Waals surface area contributed by atoms with Gasteiger partial charge in [-0.3, -0.25) is 0 Å². The highest BCUT2D eigenvalue weighted by atomic mass is 16.2. The van der Waals surface area contributed by atoms with E-state index in [9.17, 15) is 4.79 Å². The third-order valence-electron chi connectivity index (χ3n) is 1.16. The van der Waals surface area contributed by atoms with Crippen LogP contribution in [-0.2, 0) is 0 Å². The molecule has 0 atom stereocenters. The average molecular weight is 142 g/mol. The van der Waals surface area contributed by atoms with Crippen molar-refractivity contribution in [1.29, 1.82) is 0 Å². The van der Waals surface area contributed by atoms with Gasteiger partial charge >= 0.3 is 5.69 Å². The maximum atomic E-state index is 10.8. The molecule has 0 bridgehead atoms. The van der Waals surface area contributed by atoms with Crippen molar-refractivity contribution in [3.8, 4) is 0 Å². The zero-order valence-corrected chi connectivity index (χ0v) is 6.01. The molecule has 5 nitrogen and oxygen atoms in total. The number of hydrogen-bond acceptors (Lipinski definition) is 3. The Bertz CT molecular complexity index is 261. The molecule has 0 spiro atoms. The van der Waals surface area contributed by atoms with Gasteiger partial charge in [0.25, 0.3) is 0 Å². The van der Waals surface area contributed by atoms with E-state index < -0.39 is 0 Å². The zero-order chi connectivity index (χ0) is 7.56. The van der Waals surface area contributed by atoms with Gasteiger partial charge in [0, 0.05) is 6.54 Å². The second kappa shape index (κ2) is 2.55. The molecule has 0 fully saturated rings. The lowest BCUT2D eigenvalue weighted by Gasteiger charge is -2.01. The summed E-state index contributed by atoms with van der Waals surface area (Å²) in [5.74, 6) is 0.645. The van der Waals surface area contributed by atoms with Crippen LogP contribution in [0.25, 0.3) is 0 Å². The summed E-state index contributed by atoms with van der Waals surface area (Å²) in [7, 11) is 0. The molecule has 10 heavy (non-hydrogen) atoms. The molecule has 0 aliphatic heterocycles. The van der Waals surface area contributed by atoms with Crippen molar-refractivity contribution in [3.63, 3.8) is 0 Å². The molecule has 0 aliphatic rings. The van der Waals surface area contributed by atoms with E-state index in [4.69, 9.17) is 0 Å². The van der Waals surface area contributed by atoms with Gasteiger partial charge in [0.1, 0.15) is 5.82 Å². The number of aryl methyl sites for hydroxylation is 1. The van der Waals surface area contributed by atoms with Crippen LogP contribution < -0.4 is 11.1 Å². The van der Waals surface area contributed by atoms with Gasteiger partial charge in [-0.2, -0.15) is 9.77 Å². The summed E-state index contributed by atoms with van der Waals surface area (Å²) in [6, 6.07) is 0. The van der Waals surface area contributed by atoms with Gasteiger partial charge in [0.05, 0.1) is 0 Å². The molecule has 0 saturated carbocycles. The van der Waals surface area contributed by atoms with Crippen LogP contribution >= 0.6 is 0 Å². The van der Waals surface area contributed by atoms with E-state index in [-0.39, 0.29) is 5.69 Å². The highest BCUT2D eigenvalue weighted by Gasteiger charge is 1.98. The van der Waals surface area contributed by atoms with Crippen LogP contribution in [0, 0.1) is 6.92 Å². The van der Waals surface area contributed by atoms with Crippen molar-refractivity contribution in [1.82, 2.24) is 14.9 Å². The van der Waals surface area contributed by atoms with Gasteiger partial charge in [-0.05, 0) is 13.8 Å². The SMILES string of the molecule is CCNn1c(C)n[nH]c1=O.